The fourth-order valence-corrected chi connectivity index (χ4v) is 0.604. The third-order valence-electron chi connectivity index (χ3n) is 1.11. The Kier molecular flexibility index (Phi) is 3.07. The summed E-state index contributed by atoms with van der Waals surface area (Å²) in [4.78, 5) is 10.2. The van der Waals surface area contributed by atoms with Crippen molar-refractivity contribution in [1.29, 1.82) is 0 Å². The van der Waals surface area contributed by atoms with Gasteiger partial charge in [-0.15, -0.1) is 0 Å². The summed E-state index contributed by atoms with van der Waals surface area (Å²) in [7, 11) is 0. The normalized spacial score (nSPS) is 8.36. The molecule has 1 rings (SSSR count). The average molecular weight is 155 g/mol. The van der Waals surface area contributed by atoms with E-state index in [4.69, 9.17) is 10.2 Å². The van der Waals surface area contributed by atoms with Gasteiger partial charge in [0.25, 0.3) is 0 Å². The number of phenols is 1. The molecule has 0 fully saturated rings. The van der Waals surface area contributed by atoms with Gasteiger partial charge in [0.15, 0.2) is 0 Å². The molecule has 0 aliphatic rings. The molecule has 0 radical (unpaired) electrons. The Morgan fingerprint density at radius 1 is 1.18 bits per heavy atom. The molecule has 60 valence electrons. The van der Waals surface area contributed by atoms with E-state index in [0.29, 0.717) is 0 Å². The zero-order valence-corrected chi connectivity index (χ0v) is 5.82. The van der Waals surface area contributed by atoms with E-state index in [0.717, 1.165) is 0 Å². The van der Waals surface area contributed by atoms with Gasteiger partial charge in [-0.1, -0.05) is 0 Å². The molecule has 4 nitrogen and oxygen atoms in total. The number of benzene rings is 1. The molecule has 0 atom stereocenters. The fourth-order valence-electron chi connectivity index (χ4n) is 0.604. The second kappa shape index (κ2) is 3.58. The number of phenolic OH excluding ortho intramolecular Hbond substituents is 1. The first-order valence-corrected chi connectivity index (χ1v) is 2.72. The van der Waals surface area contributed by atoms with Gasteiger partial charge in [-0.2, -0.15) is 0 Å². The number of carboxylic acid groups (broad SMARTS) is 1. The van der Waals surface area contributed by atoms with E-state index in [1.54, 1.807) is 0 Å². The van der Waals surface area contributed by atoms with Gasteiger partial charge in [0.2, 0.25) is 0 Å². The molecule has 0 spiro atoms. The van der Waals surface area contributed by atoms with Crippen LogP contribution >= 0.6 is 0 Å². The quantitative estimate of drug-likeness (QED) is 0.569. The Balaban J connectivity index is 0.000001000. The van der Waals surface area contributed by atoms with Crippen molar-refractivity contribution in [3.63, 3.8) is 0 Å². The van der Waals surface area contributed by atoms with Gasteiger partial charge in [0.1, 0.15) is 5.75 Å². The second-order valence-electron chi connectivity index (χ2n) is 1.85. The smallest absolute Gasteiger partial charge is 0.335 e. The first-order valence-electron chi connectivity index (χ1n) is 2.72. The first-order chi connectivity index (χ1) is 4.70. The van der Waals surface area contributed by atoms with Crippen LogP contribution in [0.3, 0.4) is 0 Å². The lowest BCUT2D eigenvalue weighted by atomic mass is 10.2. The molecular weight excluding hydrogens is 146 g/mol. The molecule has 0 saturated carbocycles. The highest BCUT2D eigenvalue weighted by Gasteiger charge is 1.99. The van der Waals surface area contributed by atoms with E-state index < -0.39 is 5.97 Å². The maximum Gasteiger partial charge on any atom is 0.335 e. The standard InChI is InChI=1S/C7H6O3.H3N/c8-6-3-1-5(2-4-6)7(9)10;/h1-4,8H,(H,9,10);1H3. The number of hydrogen-bond donors (Lipinski definition) is 3. The highest BCUT2D eigenvalue weighted by molar-refractivity contribution is 5.87. The molecule has 0 aliphatic heterocycles. The molecule has 4 heteroatoms. The molecule has 11 heavy (non-hydrogen) atoms. The molecule has 0 aliphatic carbocycles. The Morgan fingerprint density at radius 2 is 1.64 bits per heavy atom. The summed E-state index contributed by atoms with van der Waals surface area (Å²) in [5.41, 5.74) is 0.179. The average Bonchev–Trinajstić information content (AvgIpc) is 1.88. The Morgan fingerprint density at radius 3 is 2.00 bits per heavy atom. The molecule has 0 bridgehead atoms. The molecule has 1 aromatic carbocycles. The number of carbonyl (C=O) groups is 1. The summed E-state index contributed by atoms with van der Waals surface area (Å²) in [6.07, 6.45) is 0. The topological polar surface area (TPSA) is 92.5 Å². The van der Waals surface area contributed by atoms with Crippen LogP contribution in [0.25, 0.3) is 0 Å². The molecule has 0 unspecified atom stereocenters. The third-order valence-corrected chi connectivity index (χ3v) is 1.11. The lowest BCUT2D eigenvalue weighted by Crippen LogP contribution is -1.93. The summed E-state index contributed by atoms with van der Waals surface area (Å²) < 4.78 is 0. The fraction of sp³-hybridized carbons (Fsp3) is 0. The Hall–Kier alpha value is -1.55. The minimum Gasteiger partial charge on any atom is -0.508 e. The van der Waals surface area contributed by atoms with Gasteiger partial charge >= 0.3 is 5.97 Å². The summed E-state index contributed by atoms with van der Waals surface area (Å²) in [5.74, 6) is -0.912. The lowest BCUT2D eigenvalue weighted by Gasteiger charge is -1.92. The summed E-state index contributed by atoms with van der Waals surface area (Å²) in [6, 6.07) is 5.36. The molecule has 1 aromatic rings. The number of aromatic carboxylic acids is 1. The van der Waals surface area contributed by atoms with E-state index in [-0.39, 0.29) is 17.5 Å². The SMILES string of the molecule is N.O=C(O)c1ccc(O)cc1. The minimum atomic E-state index is -0.986. The molecule has 0 aromatic heterocycles. The molecular formula is C7H9NO3. The van der Waals surface area contributed by atoms with E-state index >= 15 is 0 Å². The van der Waals surface area contributed by atoms with Crippen molar-refractivity contribution in [2.45, 2.75) is 0 Å². The maximum absolute atomic E-state index is 10.2. The maximum atomic E-state index is 10.2. The van der Waals surface area contributed by atoms with E-state index in [2.05, 4.69) is 0 Å². The van der Waals surface area contributed by atoms with Crippen molar-refractivity contribution in [2.24, 2.45) is 0 Å². The van der Waals surface area contributed by atoms with Crippen molar-refractivity contribution in [2.75, 3.05) is 0 Å². The molecule has 0 saturated heterocycles. The van der Waals surface area contributed by atoms with Gasteiger partial charge in [0.05, 0.1) is 5.56 Å². The van der Waals surface area contributed by atoms with Crippen LogP contribution in [-0.2, 0) is 0 Å². The third kappa shape index (κ3) is 2.27. The number of rotatable bonds is 1. The largest absolute Gasteiger partial charge is 0.508 e. The summed E-state index contributed by atoms with van der Waals surface area (Å²) in [5, 5.41) is 17.1. The van der Waals surface area contributed by atoms with Crippen LogP contribution in [-0.4, -0.2) is 16.2 Å². The van der Waals surface area contributed by atoms with Crippen LogP contribution in [0.5, 0.6) is 5.75 Å². The highest BCUT2D eigenvalue weighted by atomic mass is 16.4. The van der Waals surface area contributed by atoms with Crippen LogP contribution in [0.15, 0.2) is 24.3 Å². The zero-order chi connectivity index (χ0) is 7.56. The number of hydrogen-bond acceptors (Lipinski definition) is 3. The molecule has 5 N–H and O–H groups in total. The van der Waals surface area contributed by atoms with Crippen LogP contribution in [0.1, 0.15) is 10.4 Å². The van der Waals surface area contributed by atoms with Gasteiger partial charge in [0, 0.05) is 0 Å². The van der Waals surface area contributed by atoms with Gasteiger partial charge in [-0.3, -0.25) is 0 Å². The predicted octanol–water partition coefficient (Wildman–Crippen LogP) is 1.25. The number of carboxylic acids is 1. The predicted molar refractivity (Wildman–Crippen MR) is 40.1 cm³/mol. The second-order valence-corrected chi connectivity index (χ2v) is 1.85. The lowest BCUT2D eigenvalue weighted by molar-refractivity contribution is 0.0697. The van der Waals surface area contributed by atoms with Gasteiger partial charge in [-0.05, 0) is 24.3 Å². The Bertz CT molecular complexity index is 242. The van der Waals surface area contributed by atoms with Crippen LogP contribution in [0.4, 0.5) is 0 Å². The monoisotopic (exact) mass is 155 g/mol. The van der Waals surface area contributed by atoms with E-state index in [9.17, 15) is 4.79 Å². The van der Waals surface area contributed by atoms with E-state index in [1.165, 1.54) is 24.3 Å². The van der Waals surface area contributed by atoms with E-state index in [1.807, 2.05) is 0 Å². The van der Waals surface area contributed by atoms with Gasteiger partial charge < -0.3 is 16.4 Å². The van der Waals surface area contributed by atoms with Crippen molar-refractivity contribution >= 4 is 5.97 Å². The van der Waals surface area contributed by atoms with Crippen molar-refractivity contribution < 1.29 is 15.0 Å². The summed E-state index contributed by atoms with van der Waals surface area (Å²) >= 11 is 0. The first kappa shape index (κ1) is 9.45. The van der Waals surface area contributed by atoms with Crippen molar-refractivity contribution in [3.05, 3.63) is 29.8 Å². The van der Waals surface area contributed by atoms with Crippen molar-refractivity contribution in [1.82, 2.24) is 6.15 Å². The zero-order valence-electron chi connectivity index (χ0n) is 5.82. The van der Waals surface area contributed by atoms with Crippen molar-refractivity contribution in [3.8, 4) is 5.75 Å². The minimum absolute atomic E-state index is 0. The summed E-state index contributed by atoms with van der Waals surface area (Å²) in [6.45, 7) is 0. The molecule has 0 heterocycles. The molecule has 0 amide bonds. The van der Waals surface area contributed by atoms with Crippen LogP contribution in [0.2, 0.25) is 0 Å². The highest BCUT2D eigenvalue weighted by Crippen LogP contribution is 2.08. The van der Waals surface area contributed by atoms with Crippen LogP contribution < -0.4 is 6.15 Å². The Labute approximate surface area is 63.7 Å². The van der Waals surface area contributed by atoms with Gasteiger partial charge in [-0.25, -0.2) is 4.79 Å². The van der Waals surface area contributed by atoms with Crippen LogP contribution in [0, 0.1) is 0 Å². The number of aromatic hydroxyl groups is 1.